The third-order valence-electron chi connectivity index (χ3n) is 2.84. The van der Waals surface area contributed by atoms with Gasteiger partial charge in [0.25, 0.3) is 0 Å². The summed E-state index contributed by atoms with van der Waals surface area (Å²) >= 11 is 0. The number of hydrogen-bond acceptors (Lipinski definition) is 3. The van der Waals surface area contributed by atoms with Gasteiger partial charge in [-0.3, -0.25) is 0 Å². The summed E-state index contributed by atoms with van der Waals surface area (Å²) in [7, 11) is 1.67. The number of imidazole rings is 1. The van der Waals surface area contributed by atoms with Crippen LogP contribution in [0, 0.1) is 5.92 Å². The van der Waals surface area contributed by atoms with E-state index in [1.165, 1.54) is 0 Å². The Morgan fingerprint density at radius 2 is 2.33 bits per heavy atom. The van der Waals surface area contributed by atoms with Crippen molar-refractivity contribution >= 4 is 17.0 Å². The number of carboxylic acid groups (broad SMARTS) is 1. The predicted molar refractivity (Wildman–Crippen MR) is 67.7 cm³/mol. The number of aromatic carboxylic acids is 1. The summed E-state index contributed by atoms with van der Waals surface area (Å²) < 4.78 is 7.06. The Hall–Kier alpha value is -1.88. The molecule has 0 radical (unpaired) electrons. The van der Waals surface area contributed by atoms with Crippen LogP contribution in [0.1, 0.15) is 17.3 Å². The van der Waals surface area contributed by atoms with Gasteiger partial charge in [-0.05, 0) is 18.1 Å². The monoisotopic (exact) mass is 248 g/mol. The fourth-order valence-corrected chi connectivity index (χ4v) is 2.08. The maximum absolute atomic E-state index is 11.1. The molecule has 1 aromatic carbocycles. The molecule has 0 fully saturated rings. The Kier molecular flexibility index (Phi) is 3.62. The van der Waals surface area contributed by atoms with Gasteiger partial charge in [0.05, 0.1) is 24.0 Å². The smallest absolute Gasteiger partial charge is 0.337 e. The predicted octanol–water partition coefficient (Wildman–Crippen LogP) is 2.02. The van der Waals surface area contributed by atoms with Gasteiger partial charge < -0.3 is 14.4 Å². The maximum Gasteiger partial charge on any atom is 0.337 e. The second kappa shape index (κ2) is 5.18. The summed E-state index contributed by atoms with van der Waals surface area (Å²) in [5.74, 6) is -0.600. The number of para-hydroxylation sites is 1. The van der Waals surface area contributed by atoms with E-state index in [9.17, 15) is 4.79 Å². The second-order valence-corrected chi connectivity index (χ2v) is 4.44. The van der Waals surface area contributed by atoms with E-state index in [0.29, 0.717) is 18.0 Å². The lowest BCUT2D eigenvalue weighted by Crippen LogP contribution is -2.11. The van der Waals surface area contributed by atoms with Crippen LogP contribution >= 0.6 is 0 Å². The number of fused-ring (bicyclic) bond motifs is 1. The lowest BCUT2D eigenvalue weighted by Gasteiger charge is -2.11. The van der Waals surface area contributed by atoms with Crippen molar-refractivity contribution in [3.05, 3.63) is 30.1 Å². The van der Waals surface area contributed by atoms with Crippen molar-refractivity contribution in [2.75, 3.05) is 13.7 Å². The highest BCUT2D eigenvalue weighted by molar-refractivity contribution is 6.00. The molecule has 1 aromatic heterocycles. The van der Waals surface area contributed by atoms with Gasteiger partial charge >= 0.3 is 5.97 Å². The average Bonchev–Trinajstić information content (AvgIpc) is 2.72. The maximum atomic E-state index is 11.1. The minimum Gasteiger partial charge on any atom is -0.478 e. The van der Waals surface area contributed by atoms with Crippen molar-refractivity contribution in [1.82, 2.24) is 9.55 Å². The number of rotatable bonds is 5. The van der Waals surface area contributed by atoms with Gasteiger partial charge in [0.2, 0.25) is 0 Å². The minimum atomic E-state index is -0.948. The van der Waals surface area contributed by atoms with E-state index < -0.39 is 5.97 Å². The zero-order valence-electron chi connectivity index (χ0n) is 10.5. The van der Waals surface area contributed by atoms with Gasteiger partial charge in [-0.25, -0.2) is 9.78 Å². The molecule has 0 aliphatic rings. The van der Waals surface area contributed by atoms with E-state index >= 15 is 0 Å². The quantitative estimate of drug-likeness (QED) is 0.879. The van der Waals surface area contributed by atoms with E-state index in [0.717, 1.165) is 12.1 Å². The zero-order chi connectivity index (χ0) is 13.1. The number of carbonyl (C=O) groups is 1. The van der Waals surface area contributed by atoms with Crippen molar-refractivity contribution in [3.63, 3.8) is 0 Å². The number of ether oxygens (including phenoxy) is 1. The molecule has 1 heterocycles. The molecule has 0 aliphatic heterocycles. The lowest BCUT2D eigenvalue weighted by molar-refractivity contribution is 0.0699. The molecule has 0 bridgehead atoms. The van der Waals surface area contributed by atoms with E-state index in [2.05, 4.69) is 11.9 Å². The summed E-state index contributed by atoms with van der Waals surface area (Å²) in [5, 5.41) is 9.09. The largest absolute Gasteiger partial charge is 0.478 e. The highest BCUT2D eigenvalue weighted by Gasteiger charge is 2.13. The van der Waals surface area contributed by atoms with Gasteiger partial charge in [0, 0.05) is 13.7 Å². The standard InChI is InChI=1S/C13H16N2O3/c1-9(7-18-2)6-15-8-14-12-10(13(16)17)4-3-5-11(12)15/h3-5,8-9H,6-7H2,1-2H3,(H,16,17). The first-order valence-electron chi connectivity index (χ1n) is 5.79. The Labute approximate surface area is 105 Å². The van der Waals surface area contributed by atoms with Gasteiger partial charge in [0.15, 0.2) is 0 Å². The van der Waals surface area contributed by atoms with E-state index in [-0.39, 0.29) is 5.56 Å². The molecule has 2 aromatic rings. The zero-order valence-corrected chi connectivity index (χ0v) is 10.5. The summed E-state index contributed by atoms with van der Waals surface area (Å²) in [6.07, 6.45) is 1.68. The molecule has 1 unspecified atom stereocenters. The van der Waals surface area contributed by atoms with E-state index in [1.54, 1.807) is 25.6 Å². The van der Waals surface area contributed by atoms with Crippen LogP contribution < -0.4 is 0 Å². The fourth-order valence-electron chi connectivity index (χ4n) is 2.08. The van der Waals surface area contributed by atoms with Gasteiger partial charge in [-0.2, -0.15) is 0 Å². The number of benzene rings is 1. The molecule has 18 heavy (non-hydrogen) atoms. The molecule has 0 spiro atoms. The molecule has 5 nitrogen and oxygen atoms in total. The number of aromatic nitrogens is 2. The van der Waals surface area contributed by atoms with Crippen LogP contribution in [0.15, 0.2) is 24.5 Å². The van der Waals surface area contributed by atoms with Gasteiger partial charge in [-0.15, -0.1) is 0 Å². The number of methoxy groups -OCH3 is 1. The molecule has 96 valence electrons. The molecule has 1 N–H and O–H groups in total. The Bertz CT molecular complexity index is 562. The summed E-state index contributed by atoms with van der Waals surface area (Å²) in [6, 6.07) is 5.19. The van der Waals surface area contributed by atoms with Crippen LogP contribution in [-0.4, -0.2) is 34.3 Å². The molecule has 0 aliphatic carbocycles. The topological polar surface area (TPSA) is 64.4 Å². The first-order valence-corrected chi connectivity index (χ1v) is 5.79. The van der Waals surface area contributed by atoms with Crippen LogP contribution in [0.25, 0.3) is 11.0 Å². The summed E-state index contributed by atoms with van der Waals surface area (Å²) in [4.78, 5) is 15.3. The van der Waals surface area contributed by atoms with E-state index in [4.69, 9.17) is 9.84 Å². The van der Waals surface area contributed by atoms with E-state index in [1.807, 2.05) is 10.6 Å². The highest BCUT2D eigenvalue weighted by Crippen LogP contribution is 2.18. The highest BCUT2D eigenvalue weighted by atomic mass is 16.5. The molecule has 0 saturated carbocycles. The molecule has 2 rings (SSSR count). The minimum absolute atomic E-state index is 0.241. The normalized spacial score (nSPS) is 12.8. The van der Waals surface area contributed by atoms with Gasteiger partial charge in [-0.1, -0.05) is 13.0 Å². The molecule has 0 saturated heterocycles. The van der Waals surface area contributed by atoms with Crippen LogP contribution in [0.3, 0.4) is 0 Å². The number of carboxylic acids is 1. The first kappa shape index (κ1) is 12.6. The van der Waals surface area contributed by atoms with Crippen LogP contribution in [0.5, 0.6) is 0 Å². The van der Waals surface area contributed by atoms with Crippen LogP contribution in [0.4, 0.5) is 0 Å². The van der Waals surface area contributed by atoms with Crippen LogP contribution in [-0.2, 0) is 11.3 Å². The van der Waals surface area contributed by atoms with Crippen molar-refractivity contribution in [2.45, 2.75) is 13.5 Å². The van der Waals surface area contributed by atoms with Crippen LogP contribution in [0.2, 0.25) is 0 Å². The third kappa shape index (κ3) is 2.36. The number of hydrogen-bond donors (Lipinski definition) is 1. The molecule has 5 heteroatoms. The molecular formula is C13H16N2O3. The third-order valence-corrected chi connectivity index (χ3v) is 2.84. The average molecular weight is 248 g/mol. The SMILES string of the molecule is COCC(C)Cn1cnc2c(C(=O)O)cccc21. The number of nitrogens with zero attached hydrogens (tertiary/aromatic N) is 2. The van der Waals surface area contributed by atoms with Crippen molar-refractivity contribution in [2.24, 2.45) is 5.92 Å². The summed E-state index contributed by atoms with van der Waals surface area (Å²) in [5.41, 5.74) is 1.62. The Balaban J connectivity index is 2.37. The molecule has 1 atom stereocenters. The lowest BCUT2D eigenvalue weighted by atomic mass is 10.1. The summed E-state index contributed by atoms with van der Waals surface area (Å²) in [6.45, 7) is 3.50. The van der Waals surface area contributed by atoms with Gasteiger partial charge in [0.1, 0.15) is 5.52 Å². The van der Waals surface area contributed by atoms with Crippen molar-refractivity contribution < 1.29 is 14.6 Å². The second-order valence-electron chi connectivity index (χ2n) is 4.44. The van der Waals surface area contributed by atoms with Crippen molar-refractivity contribution in [3.8, 4) is 0 Å². The fraction of sp³-hybridized carbons (Fsp3) is 0.385. The first-order chi connectivity index (χ1) is 8.63. The Morgan fingerprint density at radius 1 is 1.56 bits per heavy atom. The molecular weight excluding hydrogens is 232 g/mol. The van der Waals surface area contributed by atoms with Crippen molar-refractivity contribution in [1.29, 1.82) is 0 Å². The Morgan fingerprint density at radius 3 is 3.00 bits per heavy atom. The molecule has 0 amide bonds.